The Morgan fingerprint density at radius 2 is 2.10 bits per heavy atom. The van der Waals surface area contributed by atoms with Crippen LogP contribution in [-0.2, 0) is 13.2 Å². The second kappa shape index (κ2) is 7.74. The molecule has 0 unspecified atom stereocenters. The number of ether oxygens (including phenoxy) is 1. The van der Waals surface area contributed by atoms with Crippen molar-refractivity contribution in [3.63, 3.8) is 0 Å². The molecule has 3 nitrogen and oxygen atoms in total. The predicted octanol–water partition coefficient (Wildman–Crippen LogP) is 3.61. The van der Waals surface area contributed by atoms with Crippen LogP contribution in [0.4, 0.5) is 4.39 Å². The first-order chi connectivity index (χ1) is 10.2. The summed E-state index contributed by atoms with van der Waals surface area (Å²) in [6.07, 6.45) is 2.98. The molecule has 1 N–H and O–H groups in total. The van der Waals surface area contributed by atoms with Gasteiger partial charge >= 0.3 is 0 Å². The molecule has 2 rings (SSSR count). The Bertz CT molecular complexity index is 570. The van der Waals surface area contributed by atoms with Crippen LogP contribution in [0, 0.1) is 12.7 Å². The average Bonchev–Trinajstić information content (AvgIpc) is 2.48. The van der Waals surface area contributed by atoms with Crippen molar-refractivity contribution in [2.24, 2.45) is 0 Å². The Balaban J connectivity index is 1.88. The van der Waals surface area contributed by atoms with E-state index in [1.807, 2.05) is 25.3 Å². The zero-order valence-electron chi connectivity index (χ0n) is 12.5. The maximum Gasteiger partial charge on any atom is 0.130 e. The van der Waals surface area contributed by atoms with Crippen molar-refractivity contribution < 1.29 is 9.13 Å². The molecule has 1 heterocycles. The number of rotatable bonds is 7. The largest absolute Gasteiger partial charge is 0.487 e. The van der Waals surface area contributed by atoms with Crippen molar-refractivity contribution >= 4 is 0 Å². The number of hydrogen-bond acceptors (Lipinski definition) is 3. The molecule has 0 aliphatic rings. The standard InChI is InChI=1S/C17H21FN2O/c1-3-8-19-10-14-4-6-16(20-11-14)12-21-17-7-5-15(18)9-13(17)2/h4-7,9,11,19H,3,8,10,12H2,1-2H3. The summed E-state index contributed by atoms with van der Waals surface area (Å²) in [6.45, 7) is 6.19. The number of halogens is 1. The molecule has 0 spiro atoms. The van der Waals surface area contributed by atoms with Gasteiger partial charge in [-0.05, 0) is 55.3 Å². The fraction of sp³-hybridized carbons (Fsp3) is 0.353. The van der Waals surface area contributed by atoms with Crippen molar-refractivity contribution in [3.05, 3.63) is 59.2 Å². The maximum absolute atomic E-state index is 13.0. The highest BCUT2D eigenvalue weighted by Gasteiger charge is 2.02. The molecule has 0 radical (unpaired) electrons. The number of aryl methyl sites for hydroxylation is 1. The van der Waals surface area contributed by atoms with Gasteiger partial charge in [0.05, 0.1) is 5.69 Å². The lowest BCUT2D eigenvalue weighted by Crippen LogP contribution is -2.14. The molecule has 112 valence electrons. The van der Waals surface area contributed by atoms with E-state index in [1.54, 1.807) is 6.07 Å². The average molecular weight is 288 g/mol. The summed E-state index contributed by atoms with van der Waals surface area (Å²) in [6, 6.07) is 8.52. The summed E-state index contributed by atoms with van der Waals surface area (Å²) < 4.78 is 18.7. The fourth-order valence-corrected chi connectivity index (χ4v) is 1.98. The molecule has 1 aromatic carbocycles. The van der Waals surface area contributed by atoms with Gasteiger partial charge < -0.3 is 10.1 Å². The van der Waals surface area contributed by atoms with Crippen LogP contribution in [0.5, 0.6) is 5.75 Å². The molecule has 0 fully saturated rings. The van der Waals surface area contributed by atoms with Gasteiger partial charge in [0.25, 0.3) is 0 Å². The van der Waals surface area contributed by atoms with Gasteiger partial charge in [-0.1, -0.05) is 13.0 Å². The highest BCUT2D eigenvalue weighted by Crippen LogP contribution is 2.19. The van der Waals surface area contributed by atoms with Crippen LogP contribution in [0.25, 0.3) is 0 Å². The van der Waals surface area contributed by atoms with E-state index in [1.165, 1.54) is 12.1 Å². The summed E-state index contributed by atoms with van der Waals surface area (Å²) in [7, 11) is 0. The SMILES string of the molecule is CCCNCc1ccc(COc2ccc(F)cc2C)nc1. The van der Waals surface area contributed by atoms with E-state index >= 15 is 0 Å². The first-order valence-electron chi connectivity index (χ1n) is 7.22. The summed E-state index contributed by atoms with van der Waals surface area (Å²) in [5.74, 6) is 0.439. The van der Waals surface area contributed by atoms with Crippen LogP contribution in [0.15, 0.2) is 36.5 Å². The Morgan fingerprint density at radius 1 is 1.24 bits per heavy atom. The molecule has 1 aromatic heterocycles. The number of hydrogen-bond donors (Lipinski definition) is 1. The highest BCUT2D eigenvalue weighted by molar-refractivity contribution is 5.32. The highest BCUT2D eigenvalue weighted by atomic mass is 19.1. The molecular weight excluding hydrogens is 267 g/mol. The van der Waals surface area contributed by atoms with Crippen molar-refractivity contribution in [3.8, 4) is 5.75 Å². The van der Waals surface area contributed by atoms with Gasteiger partial charge in [0.15, 0.2) is 0 Å². The van der Waals surface area contributed by atoms with Gasteiger partial charge in [-0.25, -0.2) is 4.39 Å². The van der Waals surface area contributed by atoms with E-state index in [2.05, 4.69) is 17.2 Å². The lowest BCUT2D eigenvalue weighted by molar-refractivity contribution is 0.298. The van der Waals surface area contributed by atoms with Gasteiger partial charge in [-0.3, -0.25) is 4.98 Å². The van der Waals surface area contributed by atoms with E-state index in [4.69, 9.17) is 4.74 Å². The molecule has 2 aromatic rings. The Kier molecular flexibility index (Phi) is 5.69. The van der Waals surface area contributed by atoms with E-state index in [-0.39, 0.29) is 5.82 Å². The number of benzene rings is 1. The summed E-state index contributed by atoms with van der Waals surface area (Å²) in [4.78, 5) is 4.38. The molecule has 0 saturated carbocycles. The van der Waals surface area contributed by atoms with Crippen molar-refractivity contribution in [1.29, 1.82) is 0 Å². The van der Waals surface area contributed by atoms with Gasteiger partial charge in [-0.15, -0.1) is 0 Å². The second-order valence-electron chi connectivity index (χ2n) is 5.03. The van der Waals surface area contributed by atoms with E-state index < -0.39 is 0 Å². The Morgan fingerprint density at radius 3 is 2.76 bits per heavy atom. The minimum atomic E-state index is -0.248. The molecule has 4 heteroatoms. The zero-order valence-corrected chi connectivity index (χ0v) is 12.5. The molecular formula is C17H21FN2O. The van der Waals surface area contributed by atoms with E-state index in [0.29, 0.717) is 12.4 Å². The quantitative estimate of drug-likeness (QED) is 0.790. The monoisotopic (exact) mass is 288 g/mol. The van der Waals surface area contributed by atoms with Gasteiger partial charge in [0.2, 0.25) is 0 Å². The zero-order chi connectivity index (χ0) is 15.1. The van der Waals surface area contributed by atoms with E-state index in [9.17, 15) is 4.39 Å². The lowest BCUT2D eigenvalue weighted by atomic mass is 10.2. The fourth-order valence-electron chi connectivity index (χ4n) is 1.98. The van der Waals surface area contributed by atoms with Crippen molar-refractivity contribution in [2.45, 2.75) is 33.4 Å². The minimum absolute atomic E-state index is 0.248. The van der Waals surface area contributed by atoms with Crippen LogP contribution in [0.3, 0.4) is 0 Å². The third-order valence-corrected chi connectivity index (χ3v) is 3.15. The summed E-state index contributed by atoms with van der Waals surface area (Å²) >= 11 is 0. The second-order valence-corrected chi connectivity index (χ2v) is 5.03. The summed E-state index contributed by atoms with van der Waals surface area (Å²) in [5, 5.41) is 3.33. The molecule has 0 aliphatic heterocycles. The minimum Gasteiger partial charge on any atom is -0.487 e. The third kappa shape index (κ3) is 4.83. The molecule has 0 saturated heterocycles. The molecule has 0 aliphatic carbocycles. The number of nitrogens with zero attached hydrogens (tertiary/aromatic N) is 1. The molecule has 21 heavy (non-hydrogen) atoms. The van der Waals surface area contributed by atoms with Crippen LogP contribution in [0.2, 0.25) is 0 Å². The van der Waals surface area contributed by atoms with Crippen LogP contribution in [-0.4, -0.2) is 11.5 Å². The first-order valence-corrected chi connectivity index (χ1v) is 7.22. The topological polar surface area (TPSA) is 34.1 Å². The van der Waals surface area contributed by atoms with Gasteiger partial charge in [0, 0.05) is 12.7 Å². The normalized spacial score (nSPS) is 10.6. The van der Waals surface area contributed by atoms with Crippen LogP contribution in [0.1, 0.15) is 30.2 Å². The number of nitrogens with one attached hydrogen (secondary N) is 1. The van der Waals surface area contributed by atoms with Crippen LogP contribution < -0.4 is 10.1 Å². The van der Waals surface area contributed by atoms with Crippen LogP contribution >= 0.6 is 0 Å². The first kappa shape index (κ1) is 15.4. The Hall–Kier alpha value is -1.94. The smallest absolute Gasteiger partial charge is 0.130 e. The van der Waals surface area contributed by atoms with Crippen molar-refractivity contribution in [1.82, 2.24) is 10.3 Å². The molecule has 0 bridgehead atoms. The van der Waals surface area contributed by atoms with Crippen molar-refractivity contribution in [2.75, 3.05) is 6.54 Å². The molecule has 0 atom stereocenters. The summed E-state index contributed by atoms with van der Waals surface area (Å²) in [5.41, 5.74) is 2.80. The van der Waals surface area contributed by atoms with Gasteiger partial charge in [-0.2, -0.15) is 0 Å². The third-order valence-electron chi connectivity index (χ3n) is 3.15. The lowest BCUT2D eigenvalue weighted by Gasteiger charge is -2.09. The van der Waals surface area contributed by atoms with Gasteiger partial charge in [0.1, 0.15) is 18.2 Å². The Labute approximate surface area is 125 Å². The number of pyridine rings is 1. The predicted molar refractivity (Wildman–Crippen MR) is 81.7 cm³/mol. The maximum atomic E-state index is 13.0. The van der Waals surface area contributed by atoms with E-state index in [0.717, 1.165) is 36.3 Å². The molecule has 0 amide bonds. The number of aromatic nitrogens is 1.